The molecule has 210 valence electrons. The molecule has 1 heterocycles. The molecule has 6 nitrogen and oxygen atoms in total. The molecule has 3 amide bonds. The summed E-state index contributed by atoms with van der Waals surface area (Å²) in [7, 11) is 0. The topological polar surface area (TPSA) is 68.4 Å². The largest absolute Gasteiger partial charge is 0.416 e. The lowest BCUT2D eigenvalue weighted by atomic mass is 9.96. The first-order chi connectivity index (χ1) is 18.6. The first-order valence-corrected chi connectivity index (χ1v) is 13.7. The van der Waals surface area contributed by atoms with Gasteiger partial charge in [0, 0.05) is 42.3 Å². The number of hydrogen-bond acceptors (Lipinski definition) is 2. The highest BCUT2D eigenvalue weighted by molar-refractivity contribution is 5.85. The molecule has 1 aromatic heterocycles. The van der Waals surface area contributed by atoms with E-state index < -0.39 is 11.7 Å². The fourth-order valence-electron chi connectivity index (χ4n) is 5.14. The van der Waals surface area contributed by atoms with Crippen molar-refractivity contribution in [3.05, 3.63) is 71.4 Å². The Hall–Kier alpha value is -3.49. The van der Waals surface area contributed by atoms with E-state index in [1.165, 1.54) is 18.6 Å². The zero-order valence-corrected chi connectivity index (χ0v) is 22.6. The Labute approximate surface area is 227 Å². The van der Waals surface area contributed by atoms with Gasteiger partial charge in [-0.3, -0.25) is 4.79 Å². The molecule has 39 heavy (non-hydrogen) atoms. The van der Waals surface area contributed by atoms with Crippen molar-refractivity contribution in [3.63, 3.8) is 0 Å². The number of para-hydroxylation sites is 1. The van der Waals surface area contributed by atoms with Gasteiger partial charge in [-0.15, -0.1) is 0 Å². The van der Waals surface area contributed by atoms with E-state index in [1.54, 1.807) is 9.80 Å². The number of hydrogen-bond donors (Lipinski definition) is 2. The molecule has 4 rings (SSSR count). The van der Waals surface area contributed by atoms with Crippen molar-refractivity contribution in [1.29, 1.82) is 0 Å². The lowest BCUT2D eigenvalue weighted by Gasteiger charge is -2.32. The molecule has 0 spiro atoms. The minimum absolute atomic E-state index is 0.106. The predicted octanol–water partition coefficient (Wildman–Crippen LogP) is 6.51. The van der Waals surface area contributed by atoms with Crippen LogP contribution in [0.5, 0.6) is 0 Å². The standard InChI is InChI=1S/C30H37F3N4O2/c1-21(2)37(29(39)35-25-8-4-3-5-9-25)20-28(38)36(19-22-12-14-24(15-13-22)30(31,32)33)17-16-23-18-34-27-11-7-6-10-26(23)27/h6-7,10-15,18,21,25,34H,3-5,8-9,16-17,19-20H2,1-2H3,(H,35,39). The molecule has 1 saturated carbocycles. The SMILES string of the molecule is CC(C)N(CC(=O)N(CCc1c[nH]c2ccccc12)Cc1ccc(C(F)(F)F)cc1)C(=O)NC1CCCCC1. The molecule has 1 aliphatic rings. The summed E-state index contributed by atoms with van der Waals surface area (Å²) in [6.07, 6.45) is 3.28. The zero-order valence-electron chi connectivity index (χ0n) is 22.6. The number of alkyl halides is 3. The zero-order chi connectivity index (χ0) is 28.0. The molecular weight excluding hydrogens is 505 g/mol. The minimum Gasteiger partial charge on any atom is -0.361 e. The van der Waals surface area contributed by atoms with Gasteiger partial charge in [-0.05, 0) is 62.4 Å². The van der Waals surface area contributed by atoms with Crippen LogP contribution in [-0.2, 0) is 23.9 Å². The van der Waals surface area contributed by atoms with Gasteiger partial charge in [-0.1, -0.05) is 49.6 Å². The van der Waals surface area contributed by atoms with Gasteiger partial charge in [0.1, 0.15) is 6.54 Å². The number of amides is 3. The summed E-state index contributed by atoms with van der Waals surface area (Å²) in [5.41, 5.74) is 1.91. The van der Waals surface area contributed by atoms with Crippen LogP contribution in [-0.4, -0.2) is 51.9 Å². The number of aromatic amines is 1. The van der Waals surface area contributed by atoms with E-state index >= 15 is 0 Å². The molecule has 0 aliphatic heterocycles. The number of carbonyl (C=O) groups is 2. The molecule has 0 atom stereocenters. The van der Waals surface area contributed by atoms with Gasteiger partial charge >= 0.3 is 12.2 Å². The average Bonchev–Trinajstić information content (AvgIpc) is 3.32. The van der Waals surface area contributed by atoms with Crippen LogP contribution in [0.15, 0.2) is 54.7 Å². The van der Waals surface area contributed by atoms with E-state index in [-0.39, 0.29) is 37.1 Å². The van der Waals surface area contributed by atoms with Crippen molar-refractivity contribution in [2.75, 3.05) is 13.1 Å². The maximum atomic E-state index is 13.6. The van der Waals surface area contributed by atoms with Crippen molar-refractivity contribution >= 4 is 22.8 Å². The summed E-state index contributed by atoms with van der Waals surface area (Å²) in [6, 6.07) is 12.5. The van der Waals surface area contributed by atoms with Gasteiger partial charge < -0.3 is 20.1 Å². The highest BCUT2D eigenvalue weighted by Gasteiger charge is 2.30. The Morgan fingerprint density at radius 2 is 1.72 bits per heavy atom. The number of aromatic nitrogens is 1. The Morgan fingerprint density at radius 3 is 2.38 bits per heavy atom. The molecule has 1 fully saturated rings. The van der Waals surface area contributed by atoms with Gasteiger partial charge in [0.25, 0.3) is 0 Å². The Kier molecular flexibility index (Phi) is 9.20. The summed E-state index contributed by atoms with van der Waals surface area (Å²) in [5, 5.41) is 4.16. The van der Waals surface area contributed by atoms with Crippen LogP contribution in [0.1, 0.15) is 62.6 Å². The molecule has 3 aromatic rings. The number of carbonyl (C=O) groups excluding carboxylic acids is 2. The van der Waals surface area contributed by atoms with Crippen molar-refractivity contribution < 1.29 is 22.8 Å². The van der Waals surface area contributed by atoms with Gasteiger partial charge in [0.2, 0.25) is 5.91 Å². The Bertz CT molecular complexity index is 1250. The summed E-state index contributed by atoms with van der Waals surface area (Å²) in [6.45, 7) is 4.15. The van der Waals surface area contributed by atoms with Crippen molar-refractivity contribution in [2.24, 2.45) is 0 Å². The van der Waals surface area contributed by atoms with Gasteiger partial charge in [-0.2, -0.15) is 13.2 Å². The normalized spacial score (nSPS) is 14.5. The van der Waals surface area contributed by atoms with E-state index in [0.29, 0.717) is 18.5 Å². The number of urea groups is 1. The molecule has 0 bridgehead atoms. The maximum Gasteiger partial charge on any atom is 0.416 e. The molecule has 2 N–H and O–H groups in total. The third kappa shape index (κ3) is 7.55. The highest BCUT2D eigenvalue weighted by atomic mass is 19.4. The number of nitrogens with zero attached hydrogens (tertiary/aromatic N) is 2. The first kappa shape index (κ1) is 28.5. The van der Waals surface area contributed by atoms with Crippen LogP contribution >= 0.6 is 0 Å². The maximum absolute atomic E-state index is 13.6. The first-order valence-electron chi connectivity index (χ1n) is 13.7. The lowest BCUT2D eigenvalue weighted by molar-refractivity contribution is -0.137. The molecule has 9 heteroatoms. The average molecular weight is 543 g/mol. The third-order valence-corrected chi connectivity index (χ3v) is 7.46. The van der Waals surface area contributed by atoms with E-state index in [9.17, 15) is 22.8 Å². The number of nitrogens with one attached hydrogen (secondary N) is 2. The van der Waals surface area contributed by atoms with Crippen LogP contribution < -0.4 is 5.32 Å². The fourth-order valence-corrected chi connectivity index (χ4v) is 5.14. The quantitative estimate of drug-likeness (QED) is 0.324. The minimum atomic E-state index is -4.42. The number of fused-ring (bicyclic) bond motifs is 1. The molecule has 1 aliphatic carbocycles. The van der Waals surface area contributed by atoms with Gasteiger partial charge in [0.15, 0.2) is 0 Å². The lowest BCUT2D eigenvalue weighted by Crippen LogP contribution is -2.52. The second-order valence-electron chi connectivity index (χ2n) is 10.6. The number of rotatable bonds is 9. The van der Waals surface area contributed by atoms with Crippen LogP contribution in [0.3, 0.4) is 0 Å². The molecular formula is C30H37F3N4O2. The fraction of sp³-hybridized carbons (Fsp3) is 0.467. The number of benzene rings is 2. The van der Waals surface area contributed by atoms with Crippen molar-refractivity contribution in [3.8, 4) is 0 Å². The molecule has 0 saturated heterocycles. The smallest absolute Gasteiger partial charge is 0.361 e. The van der Waals surface area contributed by atoms with E-state index in [1.807, 2.05) is 44.3 Å². The van der Waals surface area contributed by atoms with Crippen LogP contribution in [0.25, 0.3) is 10.9 Å². The summed E-state index contributed by atoms with van der Waals surface area (Å²) >= 11 is 0. The summed E-state index contributed by atoms with van der Waals surface area (Å²) in [5.74, 6) is -0.248. The third-order valence-electron chi connectivity index (χ3n) is 7.46. The van der Waals surface area contributed by atoms with Crippen molar-refractivity contribution in [2.45, 2.75) is 77.2 Å². The monoisotopic (exact) mass is 542 g/mol. The van der Waals surface area contributed by atoms with Crippen LogP contribution in [0.2, 0.25) is 0 Å². The van der Waals surface area contributed by atoms with Crippen LogP contribution in [0, 0.1) is 0 Å². The van der Waals surface area contributed by atoms with E-state index in [2.05, 4.69) is 10.3 Å². The number of H-pyrrole nitrogens is 1. The molecule has 2 aromatic carbocycles. The van der Waals surface area contributed by atoms with Crippen LogP contribution in [0.4, 0.5) is 18.0 Å². The van der Waals surface area contributed by atoms with Crippen molar-refractivity contribution in [1.82, 2.24) is 20.1 Å². The number of halogens is 3. The summed E-state index contributed by atoms with van der Waals surface area (Å²) in [4.78, 5) is 33.2. The molecule has 0 unspecified atom stereocenters. The second-order valence-corrected chi connectivity index (χ2v) is 10.6. The highest BCUT2D eigenvalue weighted by Crippen LogP contribution is 2.29. The second kappa shape index (κ2) is 12.6. The Morgan fingerprint density at radius 1 is 1.03 bits per heavy atom. The van der Waals surface area contributed by atoms with Gasteiger partial charge in [-0.25, -0.2) is 4.79 Å². The summed E-state index contributed by atoms with van der Waals surface area (Å²) < 4.78 is 39.2. The van der Waals surface area contributed by atoms with Gasteiger partial charge in [0.05, 0.1) is 5.56 Å². The van der Waals surface area contributed by atoms with E-state index in [0.717, 1.165) is 54.3 Å². The Balaban J connectivity index is 1.50. The van der Waals surface area contributed by atoms with E-state index in [4.69, 9.17) is 0 Å². The predicted molar refractivity (Wildman–Crippen MR) is 146 cm³/mol. The molecule has 0 radical (unpaired) electrons.